The lowest BCUT2D eigenvalue weighted by Gasteiger charge is -2.17. The predicted octanol–water partition coefficient (Wildman–Crippen LogP) is 2.32. The first kappa shape index (κ1) is 11.8. The number of rotatable bonds is 1. The number of phenolic OH excluding ortho intramolecular Hbond substituents is 1. The van der Waals surface area contributed by atoms with Crippen LogP contribution in [0.25, 0.3) is 0 Å². The van der Waals surface area contributed by atoms with Crippen molar-refractivity contribution in [2.45, 2.75) is 25.7 Å². The predicted molar refractivity (Wildman–Crippen MR) is 68.5 cm³/mol. The Kier molecular flexibility index (Phi) is 3.45. The quantitative estimate of drug-likeness (QED) is 0.762. The van der Waals surface area contributed by atoms with Crippen LogP contribution in [-0.4, -0.2) is 29.8 Å². The molecule has 0 unspecified atom stereocenters. The van der Waals surface area contributed by atoms with Crippen molar-refractivity contribution in [3.63, 3.8) is 0 Å². The minimum atomic E-state index is 0.315. The van der Waals surface area contributed by atoms with Crippen molar-refractivity contribution in [1.29, 1.82) is 0 Å². The van der Waals surface area contributed by atoms with Crippen LogP contribution in [-0.2, 0) is 15.6 Å². The summed E-state index contributed by atoms with van der Waals surface area (Å²) < 4.78 is 5.40. The summed E-state index contributed by atoms with van der Waals surface area (Å²) in [5.74, 6) is 2.72. The molecule has 1 saturated heterocycles. The molecule has 0 spiro atoms. The molecule has 0 saturated carbocycles. The minimum Gasteiger partial charge on any atom is -0.507 e. The van der Waals surface area contributed by atoms with Crippen LogP contribution < -0.4 is 0 Å². The highest BCUT2D eigenvalue weighted by Gasteiger charge is 2.28. The molecule has 0 radical (unpaired) electrons. The first-order valence-corrected chi connectivity index (χ1v) is 7.22. The van der Waals surface area contributed by atoms with Gasteiger partial charge in [0.15, 0.2) is 4.90 Å². The summed E-state index contributed by atoms with van der Waals surface area (Å²) in [4.78, 5) is 1.43. The smallest absolute Gasteiger partial charge is 0.158 e. The molecule has 0 bridgehead atoms. The third-order valence-corrected chi connectivity index (χ3v) is 5.63. The Labute approximate surface area is 100.0 Å². The van der Waals surface area contributed by atoms with E-state index in [9.17, 15) is 5.11 Å². The van der Waals surface area contributed by atoms with Gasteiger partial charge in [0.25, 0.3) is 0 Å². The van der Waals surface area contributed by atoms with E-state index in [1.54, 1.807) is 0 Å². The number of phenols is 1. The highest BCUT2D eigenvalue weighted by atomic mass is 32.2. The van der Waals surface area contributed by atoms with E-state index in [4.69, 9.17) is 4.74 Å². The monoisotopic (exact) mass is 239 g/mol. The molecule has 1 aliphatic heterocycles. The SMILES string of the molecule is Cc1cc([S+]2CCOCC2)c(C)c(C)c1O. The molecule has 0 amide bonds. The molecular formula is C13H19O2S+. The Morgan fingerprint density at radius 2 is 1.75 bits per heavy atom. The van der Waals surface area contributed by atoms with Crippen molar-refractivity contribution in [3.8, 4) is 5.75 Å². The summed E-state index contributed by atoms with van der Waals surface area (Å²) in [6, 6.07) is 2.16. The van der Waals surface area contributed by atoms with Crippen LogP contribution in [0, 0.1) is 20.8 Å². The summed E-state index contributed by atoms with van der Waals surface area (Å²) in [6.45, 7) is 7.86. The molecular weight excluding hydrogens is 220 g/mol. The van der Waals surface area contributed by atoms with Crippen molar-refractivity contribution in [1.82, 2.24) is 0 Å². The summed E-state index contributed by atoms with van der Waals surface area (Å²) in [7, 11) is 0.315. The lowest BCUT2D eigenvalue weighted by molar-refractivity contribution is 0.159. The van der Waals surface area contributed by atoms with Gasteiger partial charge in [-0.2, -0.15) is 0 Å². The van der Waals surface area contributed by atoms with Gasteiger partial charge in [-0.05, 0) is 31.9 Å². The molecule has 1 fully saturated rings. The first-order chi connectivity index (χ1) is 7.61. The Morgan fingerprint density at radius 3 is 2.38 bits per heavy atom. The van der Waals surface area contributed by atoms with Crippen LogP contribution in [0.2, 0.25) is 0 Å². The molecule has 1 heterocycles. The van der Waals surface area contributed by atoms with Crippen LogP contribution in [0.5, 0.6) is 5.75 Å². The summed E-state index contributed by atoms with van der Waals surface area (Å²) in [6.07, 6.45) is 0. The molecule has 0 aliphatic carbocycles. The number of hydrogen-bond acceptors (Lipinski definition) is 2. The summed E-state index contributed by atoms with van der Waals surface area (Å²) >= 11 is 0. The van der Waals surface area contributed by atoms with Gasteiger partial charge in [0.2, 0.25) is 0 Å². The van der Waals surface area contributed by atoms with Crippen molar-refractivity contribution in [3.05, 3.63) is 22.8 Å². The van der Waals surface area contributed by atoms with E-state index in [0.29, 0.717) is 16.6 Å². The van der Waals surface area contributed by atoms with E-state index in [1.165, 1.54) is 10.5 Å². The molecule has 3 heteroatoms. The van der Waals surface area contributed by atoms with Gasteiger partial charge in [0, 0.05) is 22.5 Å². The van der Waals surface area contributed by atoms with Crippen LogP contribution in [0.1, 0.15) is 16.7 Å². The zero-order chi connectivity index (χ0) is 11.7. The van der Waals surface area contributed by atoms with E-state index >= 15 is 0 Å². The fourth-order valence-electron chi connectivity index (χ4n) is 2.07. The zero-order valence-corrected chi connectivity index (χ0v) is 11.0. The number of aryl methyl sites for hydroxylation is 1. The lowest BCUT2D eigenvalue weighted by Crippen LogP contribution is -2.27. The standard InChI is InChI=1S/C13H18O2S/c1-9-8-12(10(2)11(3)13(9)14)16-6-4-15-5-7-16/h8H,4-7H2,1-3H3/p+1. The van der Waals surface area contributed by atoms with Crippen LogP contribution in [0.15, 0.2) is 11.0 Å². The number of benzene rings is 1. The Balaban J connectivity index is 2.40. The second-order valence-electron chi connectivity index (χ2n) is 4.30. The molecule has 0 aromatic heterocycles. The molecule has 1 N–H and O–H groups in total. The van der Waals surface area contributed by atoms with Crippen LogP contribution in [0.4, 0.5) is 0 Å². The number of aromatic hydroxyl groups is 1. The zero-order valence-electron chi connectivity index (χ0n) is 10.2. The second-order valence-corrected chi connectivity index (χ2v) is 6.55. The molecule has 1 aromatic carbocycles. The van der Waals surface area contributed by atoms with Crippen LogP contribution >= 0.6 is 0 Å². The largest absolute Gasteiger partial charge is 0.507 e. The summed E-state index contributed by atoms with van der Waals surface area (Å²) in [5, 5.41) is 9.89. The molecule has 88 valence electrons. The van der Waals surface area contributed by atoms with Crippen molar-refractivity contribution >= 4 is 10.9 Å². The minimum absolute atomic E-state index is 0.315. The van der Waals surface area contributed by atoms with Crippen molar-refractivity contribution < 1.29 is 9.84 Å². The van der Waals surface area contributed by atoms with Gasteiger partial charge in [-0.3, -0.25) is 0 Å². The average Bonchev–Trinajstić information content (AvgIpc) is 2.32. The van der Waals surface area contributed by atoms with Gasteiger partial charge < -0.3 is 9.84 Å². The molecule has 0 atom stereocenters. The summed E-state index contributed by atoms with van der Waals surface area (Å²) in [5.41, 5.74) is 3.29. The molecule has 2 nitrogen and oxygen atoms in total. The molecule has 2 rings (SSSR count). The topological polar surface area (TPSA) is 29.5 Å². The third-order valence-electron chi connectivity index (χ3n) is 3.27. The third kappa shape index (κ3) is 2.06. The Hall–Kier alpha value is -0.670. The van der Waals surface area contributed by atoms with E-state index < -0.39 is 0 Å². The highest BCUT2D eigenvalue weighted by Crippen LogP contribution is 2.31. The normalized spacial score (nSPS) is 17.7. The van der Waals surface area contributed by atoms with Gasteiger partial charge in [-0.15, -0.1) is 0 Å². The van der Waals surface area contributed by atoms with Crippen molar-refractivity contribution in [2.24, 2.45) is 0 Å². The van der Waals surface area contributed by atoms with E-state index in [-0.39, 0.29) is 0 Å². The van der Waals surface area contributed by atoms with E-state index in [1.807, 2.05) is 13.8 Å². The fraction of sp³-hybridized carbons (Fsp3) is 0.538. The molecule has 1 aliphatic rings. The van der Waals surface area contributed by atoms with E-state index in [0.717, 1.165) is 35.8 Å². The maximum atomic E-state index is 9.89. The lowest BCUT2D eigenvalue weighted by atomic mass is 10.1. The molecule has 1 aromatic rings. The maximum Gasteiger partial charge on any atom is 0.158 e. The van der Waals surface area contributed by atoms with Crippen molar-refractivity contribution in [2.75, 3.05) is 24.7 Å². The van der Waals surface area contributed by atoms with Gasteiger partial charge in [0.05, 0.1) is 13.2 Å². The van der Waals surface area contributed by atoms with Crippen LogP contribution in [0.3, 0.4) is 0 Å². The van der Waals surface area contributed by atoms with Gasteiger partial charge in [-0.25, -0.2) is 0 Å². The second kappa shape index (κ2) is 4.68. The van der Waals surface area contributed by atoms with Gasteiger partial charge in [0.1, 0.15) is 17.3 Å². The number of hydrogen-bond donors (Lipinski definition) is 1. The fourth-order valence-corrected chi connectivity index (χ4v) is 4.29. The number of ether oxygens (including phenoxy) is 1. The Morgan fingerprint density at radius 1 is 1.12 bits per heavy atom. The van der Waals surface area contributed by atoms with Gasteiger partial charge in [-0.1, -0.05) is 0 Å². The highest BCUT2D eigenvalue weighted by molar-refractivity contribution is 7.97. The molecule has 16 heavy (non-hydrogen) atoms. The maximum absolute atomic E-state index is 9.89. The average molecular weight is 239 g/mol. The Bertz CT molecular complexity index is 395. The van der Waals surface area contributed by atoms with Gasteiger partial charge >= 0.3 is 0 Å². The van der Waals surface area contributed by atoms with E-state index in [2.05, 4.69) is 13.0 Å². The first-order valence-electron chi connectivity index (χ1n) is 5.66.